The Morgan fingerprint density at radius 1 is 0.592 bits per heavy atom. The first-order valence-electron chi connectivity index (χ1n) is 19.3. The first kappa shape index (κ1) is 47.5. The molecule has 0 aromatic rings. The molecule has 0 rings (SSSR count). The molecule has 0 aliphatic rings. The van der Waals surface area contributed by atoms with Gasteiger partial charge in [-0.2, -0.15) is 0 Å². The fourth-order valence-electron chi connectivity index (χ4n) is 5.33. The number of likely N-dealkylation sites (N-methyl/N-ethyl adjacent to an activating group) is 1. The molecular formula is C37H73NO10P+. The maximum atomic E-state index is 12.6. The predicted molar refractivity (Wildman–Crippen MR) is 194 cm³/mol. The van der Waals surface area contributed by atoms with Crippen LogP contribution in [0.1, 0.15) is 167 Å². The van der Waals surface area contributed by atoms with Crippen LogP contribution in [0.25, 0.3) is 0 Å². The molecule has 11 nitrogen and oxygen atoms in total. The number of esters is 2. The smallest absolute Gasteiger partial charge is 0.472 e. The van der Waals surface area contributed by atoms with Crippen LogP contribution in [0.2, 0.25) is 0 Å². The third-order valence-electron chi connectivity index (χ3n) is 8.42. The Balaban J connectivity index is 4.39. The number of carboxylic acid groups (broad SMARTS) is 1. The minimum atomic E-state index is -4.38. The van der Waals surface area contributed by atoms with E-state index in [1.165, 1.54) is 51.4 Å². The van der Waals surface area contributed by atoms with E-state index in [0.29, 0.717) is 17.4 Å². The number of hydrogen-bond acceptors (Lipinski definition) is 8. The number of hydrogen-bond donors (Lipinski definition) is 2. The van der Waals surface area contributed by atoms with Crippen LogP contribution in [0.3, 0.4) is 0 Å². The number of phosphoric ester groups is 1. The van der Waals surface area contributed by atoms with Gasteiger partial charge in [0, 0.05) is 19.3 Å². The minimum Gasteiger partial charge on any atom is -0.481 e. The van der Waals surface area contributed by atoms with Gasteiger partial charge in [0.2, 0.25) is 0 Å². The van der Waals surface area contributed by atoms with E-state index in [2.05, 4.69) is 6.92 Å². The molecule has 0 fully saturated rings. The monoisotopic (exact) mass is 722 g/mol. The second-order valence-corrected chi connectivity index (χ2v) is 15.9. The fourth-order valence-corrected chi connectivity index (χ4v) is 6.08. The highest BCUT2D eigenvalue weighted by atomic mass is 31.2. The van der Waals surface area contributed by atoms with Crippen molar-refractivity contribution in [3.05, 3.63) is 0 Å². The van der Waals surface area contributed by atoms with Crippen LogP contribution in [-0.2, 0) is 37.5 Å². The number of carbonyl (C=O) groups excluding carboxylic acids is 2. The maximum Gasteiger partial charge on any atom is 0.472 e. The lowest BCUT2D eigenvalue weighted by Crippen LogP contribution is -2.37. The van der Waals surface area contributed by atoms with E-state index >= 15 is 0 Å². The van der Waals surface area contributed by atoms with E-state index in [-0.39, 0.29) is 38.4 Å². The lowest BCUT2D eigenvalue weighted by atomic mass is 10.0. The molecule has 0 amide bonds. The number of phosphoric acid groups is 1. The van der Waals surface area contributed by atoms with Crippen molar-refractivity contribution in [1.29, 1.82) is 0 Å². The Morgan fingerprint density at radius 3 is 1.43 bits per heavy atom. The normalized spacial score (nSPS) is 13.6. The molecule has 2 N–H and O–H groups in total. The fraction of sp³-hybridized carbons (Fsp3) is 0.919. The highest BCUT2D eigenvalue weighted by Crippen LogP contribution is 2.43. The lowest BCUT2D eigenvalue weighted by molar-refractivity contribution is -0.870. The number of carboxylic acids is 1. The summed E-state index contributed by atoms with van der Waals surface area (Å²) < 4.78 is 34.1. The lowest BCUT2D eigenvalue weighted by Gasteiger charge is -2.24. The van der Waals surface area contributed by atoms with Crippen molar-refractivity contribution >= 4 is 25.7 Å². The molecule has 1 unspecified atom stereocenters. The Hall–Kier alpha value is -1.52. The molecule has 2 atom stereocenters. The average Bonchev–Trinajstić information content (AvgIpc) is 3.02. The Kier molecular flexibility index (Phi) is 30.3. The van der Waals surface area contributed by atoms with Crippen LogP contribution in [-0.4, -0.2) is 86.0 Å². The first-order chi connectivity index (χ1) is 23.3. The molecule has 0 bridgehead atoms. The summed E-state index contributed by atoms with van der Waals surface area (Å²) in [6.45, 7) is 2.08. The zero-order valence-corrected chi connectivity index (χ0v) is 32.5. The van der Waals surface area contributed by atoms with Gasteiger partial charge in [0.05, 0.1) is 27.7 Å². The van der Waals surface area contributed by atoms with Crippen molar-refractivity contribution in [1.82, 2.24) is 0 Å². The third kappa shape index (κ3) is 36.1. The van der Waals surface area contributed by atoms with Gasteiger partial charge in [-0.3, -0.25) is 23.4 Å². The van der Waals surface area contributed by atoms with Crippen LogP contribution in [0, 0.1) is 0 Å². The van der Waals surface area contributed by atoms with Crippen molar-refractivity contribution in [3.8, 4) is 0 Å². The SMILES string of the molecule is CCCCCCCCCCCCCC(=O)OC[C@H](COP(=O)(O)OCC[N+](C)(C)C)OC(=O)CCCCCCCCCCCCCC(=O)O. The largest absolute Gasteiger partial charge is 0.481 e. The summed E-state index contributed by atoms with van der Waals surface area (Å²) in [5.74, 6) is -1.57. The summed E-state index contributed by atoms with van der Waals surface area (Å²) in [4.78, 5) is 45.7. The van der Waals surface area contributed by atoms with Gasteiger partial charge in [-0.05, 0) is 19.3 Å². The van der Waals surface area contributed by atoms with E-state index in [4.69, 9.17) is 23.6 Å². The highest BCUT2D eigenvalue weighted by molar-refractivity contribution is 7.47. The second-order valence-electron chi connectivity index (χ2n) is 14.5. The van der Waals surface area contributed by atoms with Gasteiger partial charge in [0.15, 0.2) is 6.10 Å². The van der Waals surface area contributed by atoms with Gasteiger partial charge in [0.1, 0.15) is 19.8 Å². The molecular weight excluding hydrogens is 649 g/mol. The number of carbonyl (C=O) groups is 3. The molecule has 12 heteroatoms. The molecule has 290 valence electrons. The molecule has 0 spiro atoms. The molecule has 0 aliphatic carbocycles. The van der Waals surface area contributed by atoms with Crippen molar-refractivity contribution in [3.63, 3.8) is 0 Å². The quantitative estimate of drug-likeness (QED) is 0.0278. The molecule has 0 saturated carbocycles. The van der Waals surface area contributed by atoms with Gasteiger partial charge in [-0.1, -0.05) is 129 Å². The van der Waals surface area contributed by atoms with Crippen LogP contribution < -0.4 is 0 Å². The van der Waals surface area contributed by atoms with Gasteiger partial charge in [0.25, 0.3) is 0 Å². The number of ether oxygens (including phenoxy) is 2. The number of quaternary nitrogens is 1. The summed E-state index contributed by atoms with van der Waals surface area (Å²) in [7, 11) is 1.42. The van der Waals surface area contributed by atoms with Gasteiger partial charge in [-0.25, -0.2) is 4.57 Å². The van der Waals surface area contributed by atoms with E-state index in [0.717, 1.165) is 83.5 Å². The summed E-state index contributed by atoms with van der Waals surface area (Å²) >= 11 is 0. The Labute approximate surface area is 298 Å². The molecule has 0 radical (unpaired) electrons. The first-order valence-corrected chi connectivity index (χ1v) is 20.8. The number of unbranched alkanes of at least 4 members (excludes halogenated alkanes) is 20. The zero-order valence-electron chi connectivity index (χ0n) is 31.6. The number of nitrogens with zero attached hydrogens (tertiary/aromatic N) is 1. The van der Waals surface area contributed by atoms with Gasteiger partial charge < -0.3 is 24.0 Å². The highest BCUT2D eigenvalue weighted by Gasteiger charge is 2.27. The molecule has 0 aromatic heterocycles. The molecule has 0 saturated heterocycles. The standard InChI is InChI=1S/C37H72NO10P/c1-5-6-7-8-9-10-12-16-19-22-25-28-36(41)45-32-34(33-47-49(43,44)46-31-30-38(2,3)4)48-37(42)29-26-23-20-17-14-11-13-15-18-21-24-27-35(39)40/h34H,5-33H2,1-4H3,(H-,39,40,43,44)/p+1/t34-/m1/s1. The summed E-state index contributed by atoms with van der Waals surface area (Å²) in [6, 6.07) is 0. The number of aliphatic carboxylic acids is 1. The number of rotatable bonds is 36. The van der Waals surface area contributed by atoms with Gasteiger partial charge in [-0.15, -0.1) is 0 Å². The van der Waals surface area contributed by atoms with Crippen LogP contribution in [0.15, 0.2) is 0 Å². The molecule has 0 aromatic carbocycles. The van der Waals surface area contributed by atoms with Gasteiger partial charge >= 0.3 is 25.7 Å². The van der Waals surface area contributed by atoms with Crippen LogP contribution in [0.5, 0.6) is 0 Å². The molecule has 0 heterocycles. The molecule has 0 aliphatic heterocycles. The minimum absolute atomic E-state index is 0.0181. The summed E-state index contributed by atoms with van der Waals surface area (Å²) in [5.41, 5.74) is 0. The van der Waals surface area contributed by atoms with E-state index in [1.54, 1.807) is 0 Å². The zero-order chi connectivity index (χ0) is 36.6. The van der Waals surface area contributed by atoms with Crippen molar-refractivity contribution < 1.29 is 52.0 Å². The summed E-state index contributed by atoms with van der Waals surface area (Å²) in [5, 5.41) is 8.68. The third-order valence-corrected chi connectivity index (χ3v) is 9.41. The average molecular weight is 723 g/mol. The Bertz CT molecular complexity index is 880. The van der Waals surface area contributed by atoms with Crippen LogP contribution in [0.4, 0.5) is 0 Å². The van der Waals surface area contributed by atoms with Crippen molar-refractivity contribution in [2.24, 2.45) is 0 Å². The maximum absolute atomic E-state index is 12.6. The van der Waals surface area contributed by atoms with Crippen molar-refractivity contribution in [2.75, 3.05) is 47.5 Å². The second kappa shape index (κ2) is 31.2. The van der Waals surface area contributed by atoms with E-state index in [9.17, 15) is 23.8 Å². The van der Waals surface area contributed by atoms with Crippen molar-refractivity contribution in [2.45, 2.75) is 174 Å². The predicted octanol–water partition coefficient (Wildman–Crippen LogP) is 9.14. The summed E-state index contributed by atoms with van der Waals surface area (Å²) in [6.07, 6.45) is 23.8. The topological polar surface area (TPSA) is 146 Å². The molecule has 49 heavy (non-hydrogen) atoms. The van der Waals surface area contributed by atoms with E-state index in [1.807, 2.05) is 21.1 Å². The Morgan fingerprint density at radius 2 is 1.00 bits per heavy atom. The van der Waals surface area contributed by atoms with E-state index < -0.39 is 32.5 Å². The van der Waals surface area contributed by atoms with Crippen LogP contribution >= 0.6 is 7.82 Å².